The first-order valence-electron chi connectivity index (χ1n) is 17.0. The number of ether oxygens (including phenoxy) is 1. The Morgan fingerprint density at radius 1 is 1.04 bits per heavy atom. The number of carbonyl (C=O) groups excluding carboxylic acids is 3. The topological polar surface area (TPSA) is 121 Å². The summed E-state index contributed by atoms with van der Waals surface area (Å²) in [5, 5.41) is 19.5. The Balaban J connectivity index is 1.45. The summed E-state index contributed by atoms with van der Waals surface area (Å²) < 4.78 is 8.71. The lowest BCUT2D eigenvalue weighted by molar-refractivity contribution is -0.158. The van der Waals surface area contributed by atoms with Gasteiger partial charge in [-0.3, -0.25) is 14.4 Å². The molecule has 0 saturated carbocycles. The molecule has 2 aromatic carbocycles. The van der Waals surface area contributed by atoms with Gasteiger partial charge in [-0.25, -0.2) is 4.68 Å². The molecule has 11 heteroatoms. The van der Waals surface area contributed by atoms with E-state index in [2.05, 4.69) is 23.5 Å². The number of aliphatic hydroxyl groups excluding tert-OH is 1. The Morgan fingerprint density at radius 2 is 1.75 bits per heavy atom. The van der Waals surface area contributed by atoms with Crippen LogP contribution in [0.15, 0.2) is 79.9 Å². The van der Waals surface area contributed by atoms with Gasteiger partial charge in [0.2, 0.25) is 17.7 Å². The van der Waals surface area contributed by atoms with Gasteiger partial charge < -0.3 is 24.5 Å². The van der Waals surface area contributed by atoms with E-state index < -0.39 is 35.1 Å². The van der Waals surface area contributed by atoms with E-state index in [1.165, 1.54) is 0 Å². The summed E-state index contributed by atoms with van der Waals surface area (Å²) in [6, 6.07) is 15.3. The third-order valence-corrected chi connectivity index (χ3v) is 10.6. The van der Waals surface area contributed by atoms with Crippen molar-refractivity contribution in [2.24, 2.45) is 11.8 Å². The third-order valence-electron chi connectivity index (χ3n) is 10.6. The monoisotopic (exact) mass is 654 g/mol. The highest BCUT2D eigenvalue weighted by Gasteiger charge is 2.79. The third kappa shape index (κ3) is 5.42. The summed E-state index contributed by atoms with van der Waals surface area (Å²) >= 11 is 0. The molecule has 6 atom stereocenters. The number of aromatic nitrogens is 3. The lowest BCUT2D eigenvalue weighted by Crippen LogP contribution is -2.59. The van der Waals surface area contributed by atoms with Crippen LogP contribution in [0.25, 0.3) is 11.0 Å². The zero-order valence-corrected chi connectivity index (χ0v) is 27.9. The molecule has 254 valence electrons. The van der Waals surface area contributed by atoms with Crippen molar-refractivity contribution in [3.63, 3.8) is 0 Å². The molecule has 6 rings (SSSR count). The molecule has 4 heterocycles. The van der Waals surface area contributed by atoms with E-state index in [0.29, 0.717) is 44.3 Å². The molecule has 3 amide bonds. The smallest absolute Gasteiger partial charge is 0.250 e. The maximum atomic E-state index is 15.1. The SMILES string of the molecule is C=CCN(Cn1nnc2ccccc21)C(=O)C1N([C@@H](CO)Cc2ccccc2)C(=O)[C@@H]2[C@H](C(=O)N(CC=C)CCC)[C@]3(CC)CCC12O3. The Hall–Kier alpha value is -4.35. The molecule has 48 heavy (non-hydrogen) atoms. The molecule has 3 aromatic rings. The number of aliphatic hydroxyl groups is 1. The molecular weight excluding hydrogens is 608 g/mol. The Morgan fingerprint density at radius 3 is 2.44 bits per heavy atom. The molecule has 3 aliphatic heterocycles. The molecule has 0 radical (unpaired) electrons. The largest absolute Gasteiger partial charge is 0.394 e. The van der Waals surface area contributed by atoms with Gasteiger partial charge in [-0.2, -0.15) is 0 Å². The van der Waals surface area contributed by atoms with Crippen LogP contribution in [-0.2, 0) is 32.2 Å². The van der Waals surface area contributed by atoms with Gasteiger partial charge in [-0.15, -0.1) is 18.3 Å². The van der Waals surface area contributed by atoms with Crippen LogP contribution in [0.3, 0.4) is 0 Å². The first-order valence-corrected chi connectivity index (χ1v) is 17.0. The summed E-state index contributed by atoms with van der Waals surface area (Å²) in [5.74, 6) is -2.45. The van der Waals surface area contributed by atoms with Crippen molar-refractivity contribution in [3.8, 4) is 0 Å². The van der Waals surface area contributed by atoms with Crippen molar-refractivity contribution in [2.75, 3.05) is 26.2 Å². The van der Waals surface area contributed by atoms with E-state index in [4.69, 9.17) is 4.74 Å². The van der Waals surface area contributed by atoms with Crippen LogP contribution >= 0.6 is 0 Å². The summed E-state index contributed by atoms with van der Waals surface area (Å²) in [5.41, 5.74) is 0.256. The van der Waals surface area contributed by atoms with Gasteiger partial charge in [0.25, 0.3) is 0 Å². The molecule has 1 N–H and O–H groups in total. The molecule has 0 aliphatic carbocycles. The molecule has 3 fully saturated rings. The fraction of sp³-hybridized carbons (Fsp3) is 0.486. The van der Waals surface area contributed by atoms with Crippen LogP contribution < -0.4 is 0 Å². The minimum atomic E-state index is -1.25. The van der Waals surface area contributed by atoms with Crippen molar-refractivity contribution in [2.45, 2.75) is 75.9 Å². The van der Waals surface area contributed by atoms with Crippen LogP contribution in [-0.4, -0.2) is 102 Å². The second-order valence-corrected chi connectivity index (χ2v) is 13.2. The predicted octanol–water partition coefficient (Wildman–Crippen LogP) is 3.59. The Kier molecular flexibility index (Phi) is 9.53. The summed E-state index contributed by atoms with van der Waals surface area (Å²) in [6.45, 7) is 12.5. The first-order chi connectivity index (χ1) is 23.3. The molecule has 1 spiro atoms. The predicted molar refractivity (Wildman–Crippen MR) is 181 cm³/mol. The summed E-state index contributed by atoms with van der Waals surface area (Å²) in [4.78, 5) is 49.5. The molecule has 11 nitrogen and oxygen atoms in total. The van der Waals surface area contributed by atoms with Crippen LogP contribution in [0, 0.1) is 11.8 Å². The highest BCUT2D eigenvalue weighted by Crippen LogP contribution is 2.65. The minimum Gasteiger partial charge on any atom is -0.394 e. The van der Waals surface area contributed by atoms with Gasteiger partial charge in [0, 0.05) is 19.6 Å². The van der Waals surface area contributed by atoms with E-state index >= 15 is 4.79 Å². The lowest BCUT2D eigenvalue weighted by atomic mass is 9.64. The fourth-order valence-corrected chi connectivity index (χ4v) is 8.48. The van der Waals surface area contributed by atoms with E-state index in [0.717, 1.165) is 17.5 Å². The van der Waals surface area contributed by atoms with Crippen molar-refractivity contribution in [3.05, 3.63) is 85.5 Å². The number of carbonyl (C=O) groups is 3. The van der Waals surface area contributed by atoms with Crippen molar-refractivity contribution >= 4 is 28.8 Å². The number of nitrogens with zero attached hydrogens (tertiary/aromatic N) is 6. The zero-order valence-electron chi connectivity index (χ0n) is 27.9. The van der Waals surface area contributed by atoms with Gasteiger partial charge in [-0.05, 0) is 49.8 Å². The van der Waals surface area contributed by atoms with E-state index in [1.807, 2.05) is 68.4 Å². The van der Waals surface area contributed by atoms with Crippen LogP contribution in [0.1, 0.15) is 45.1 Å². The molecule has 1 aromatic heterocycles. The van der Waals surface area contributed by atoms with Crippen molar-refractivity contribution in [1.29, 1.82) is 0 Å². The van der Waals surface area contributed by atoms with Gasteiger partial charge in [0.05, 0.1) is 35.6 Å². The van der Waals surface area contributed by atoms with Crippen LogP contribution in [0.2, 0.25) is 0 Å². The molecule has 3 aliphatic rings. The first kappa shape index (κ1) is 33.5. The highest BCUT2D eigenvalue weighted by atomic mass is 16.5. The van der Waals surface area contributed by atoms with Crippen molar-refractivity contribution < 1.29 is 24.2 Å². The number of benzene rings is 2. The number of fused-ring (bicyclic) bond motifs is 2. The molecule has 2 bridgehead atoms. The lowest BCUT2D eigenvalue weighted by Gasteiger charge is -2.39. The molecular formula is C37H46N6O5. The van der Waals surface area contributed by atoms with Crippen LogP contribution in [0.4, 0.5) is 0 Å². The number of para-hydroxylation sites is 1. The Bertz CT molecular complexity index is 1680. The second-order valence-electron chi connectivity index (χ2n) is 13.2. The average molecular weight is 655 g/mol. The van der Waals surface area contributed by atoms with E-state index in [-0.39, 0.29) is 37.5 Å². The van der Waals surface area contributed by atoms with Crippen molar-refractivity contribution in [1.82, 2.24) is 29.7 Å². The number of hydrogen-bond donors (Lipinski definition) is 1. The number of amides is 3. The Labute approximate surface area is 281 Å². The minimum absolute atomic E-state index is 0.0675. The fourth-order valence-electron chi connectivity index (χ4n) is 8.48. The van der Waals surface area contributed by atoms with Crippen LogP contribution in [0.5, 0.6) is 0 Å². The number of hydrogen-bond acceptors (Lipinski definition) is 7. The maximum absolute atomic E-state index is 15.1. The summed E-state index contributed by atoms with van der Waals surface area (Å²) in [7, 11) is 0. The highest BCUT2D eigenvalue weighted by molar-refractivity contribution is 5.99. The molecule has 3 saturated heterocycles. The standard InChI is InChI=1S/C37H46N6O5/c1-5-20-40(21-6-2)33(45)30-31-34(46)43(27(24-44)23-26-14-10-9-11-15-26)32(37(31)19-18-36(30,8-4)48-37)35(47)41(22-7-3)25-42-29-17-13-12-16-28(29)38-39-42/h5,7,9-17,27,30-32,44H,1,3,6,8,18-25H2,2,4H3/t27-,30-,31+,32?,36+,37?/m1/s1. The van der Waals surface area contributed by atoms with E-state index in [9.17, 15) is 14.7 Å². The van der Waals surface area contributed by atoms with Gasteiger partial charge in [0.15, 0.2) is 0 Å². The number of rotatable bonds is 15. The zero-order chi connectivity index (χ0) is 34.1. The average Bonchev–Trinajstić information content (AvgIpc) is 3.84. The number of likely N-dealkylation sites (tertiary alicyclic amines) is 1. The van der Waals surface area contributed by atoms with E-state index in [1.54, 1.807) is 31.5 Å². The van der Waals surface area contributed by atoms with Gasteiger partial charge >= 0.3 is 0 Å². The van der Waals surface area contributed by atoms with Gasteiger partial charge in [-0.1, -0.05) is 73.7 Å². The quantitative estimate of drug-likeness (QED) is 0.249. The summed E-state index contributed by atoms with van der Waals surface area (Å²) in [6.07, 6.45) is 5.95. The second kappa shape index (κ2) is 13.6. The van der Waals surface area contributed by atoms with Gasteiger partial charge in [0.1, 0.15) is 23.8 Å². The molecule has 2 unspecified atom stereocenters. The maximum Gasteiger partial charge on any atom is 0.250 e. The normalized spacial score (nSPS) is 26.4.